The van der Waals surface area contributed by atoms with Crippen LogP contribution in [0.5, 0.6) is 0 Å². The Kier molecular flexibility index (Phi) is 5.73. The average molecular weight is 402 g/mol. The van der Waals surface area contributed by atoms with Crippen LogP contribution in [-0.4, -0.2) is 26.1 Å². The van der Waals surface area contributed by atoms with Crippen LogP contribution in [0.15, 0.2) is 53.3 Å². The van der Waals surface area contributed by atoms with Gasteiger partial charge in [-0.25, -0.2) is 0 Å². The minimum atomic E-state index is -0.532. The summed E-state index contributed by atoms with van der Waals surface area (Å²) in [7, 11) is 0. The van der Waals surface area contributed by atoms with Crippen LogP contribution >= 0.6 is 34.9 Å². The third kappa shape index (κ3) is 4.14. The lowest BCUT2D eigenvalue weighted by molar-refractivity contribution is -0.112. The summed E-state index contributed by atoms with van der Waals surface area (Å²) >= 11 is 8.49. The molecule has 1 N–H and O–H groups in total. The average Bonchev–Trinajstić information content (AvgIpc) is 3.28. The van der Waals surface area contributed by atoms with Gasteiger partial charge in [0, 0.05) is 34.1 Å². The Morgan fingerprint density at radius 3 is 2.96 bits per heavy atom. The van der Waals surface area contributed by atoms with E-state index in [9.17, 15) is 10.1 Å². The fraction of sp³-hybridized carbons (Fsp3) is 0.0588. The topological polar surface area (TPSA) is 83.6 Å². The van der Waals surface area contributed by atoms with Gasteiger partial charge < -0.3 is 4.57 Å². The van der Waals surface area contributed by atoms with E-state index in [2.05, 4.69) is 14.7 Å². The van der Waals surface area contributed by atoms with Crippen LogP contribution in [0.2, 0.25) is 5.02 Å². The number of aromatic nitrogens is 3. The van der Waals surface area contributed by atoms with Gasteiger partial charge in [0.15, 0.2) is 0 Å². The van der Waals surface area contributed by atoms with E-state index in [4.69, 9.17) is 11.6 Å². The molecule has 3 rings (SSSR count). The smallest absolute Gasteiger partial charge is 0.268 e. The number of hydrogen-bond acceptors (Lipinski definition) is 6. The molecule has 0 aliphatic carbocycles. The number of carbonyl (C=O) groups excluding carboxylic acids is 1. The van der Waals surface area contributed by atoms with E-state index in [-0.39, 0.29) is 5.57 Å². The molecule has 0 spiro atoms. The normalized spacial score (nSPS) is 11.2. The Morgan fingerprint density at radius 1 is 1.42 bits per heavy atom. The van der Waals surface area contributed by atoms with Crippen molar-refractivity contribution in [2.24, 2.45) is 0 Å². The molecule has 0 aliphatic rings. The highest BCUT2D eigenvalue weighted by molar-refractivity contribution is 7.98. The van der Waals surface area contributed by atoms with Crippen LogP contribution in [0.4, 0.5) is 5.13 Å². The molecule has 130 valence electrons. The molecule has 0 aliphatic heterocycles. The van der Waals surface area contributed by atoms with Gasteiger partial charge >= 0.3 is 0 Å². The maximum absolute atomic E-state index is 12.4. The zero-order valence-electron chi connectivity index (χ0n) is 13.5. The van der Waals surface area contributed by atoms with Crippen molar-refractivity contribution in [1.29, 1.82) is 5.26 Å². The summed E-state index contributed by atoms with van der Waals surface area (Å²) in [4.78, 5) is 16.5. The van der Waals surface area contributed by atoms with Crippen LogP contribution in [-0.2, 0) is 4.79 Å². The molecule has 6 nitrogen and oxygen atoms in total. The number of thioether (sulfide) groups is 1. The first kappa shape index (κ1) is 18.2. The van der Waals surface area contributed by atoms with Crippen molar-refractivity contribution < 1.29 is 4.79 Å². The standard InChI is InChI=1S/C17H12ClN5OS2/c1-25-17-21-16(26-22-17)20-15(24)11(10-19)8-13-6-3-7-23(13)14-5-2-4-12(18)9-14/h2-9H,1H3,(H,20,21,22,24)/b11-8-. The van der Waals surface area contributed by atoms with E-state index in [1.165, 1.54) is 17.8 Å². The number of nitrogens with one attached hydrogen (secondary N) is 1. The van der Waals surface area contributed by atoms with E-state index < -0.39 is 5.91 Å². The third-order valence-corrected chi connectivity index (χ3v) is 4.86. The number of halogens is 1. The minimum absolute atomic E-state index is 0.0344. The second kappa shape index (κ2) is 8.19. The summed E-state index contributed by atoms with van der Waals surface area (Å²) in [6.45, 7) is 0. The lowest BCUT2D eigenvalue weighted by atomic mass is 10.2. The summed E-state index contributed by atoms with van der Waals surface area (Å²) < 4.78 is 5.91. The maximum Gasteiger partial charge on any atom is 0.268 e. The summed E-state index contributed by atoms with van der Waals surface area (Å²) in [5.41, 5.74) is 1.48. The van der Waals surface area contributed by atoms with Crippen LogP contribution in [0, 0.1) is 11.3 Å². The molecular weight excluding hydrogens is 390 g/mol. The zero-order chi connectivity index (χ0) is 18.5. The number of carbonyl (C=O) groups is 1. The number of nitrogens with zero attached hydrogens (tertiary/aromatic N) is 4. The van der Waals surface area contributed by atoms with Gasteiger partial charge in [0.25, 0.3) is 5.91 Å². The van der Waals surface area contributed by atoms with Gasteiger partial charge in [0.1, 0.15) is 11.6 Å². The number of anilines is 1. The lowest BCUT2D eigenvalue weighted by Crippen LogP contribution is -2.13. The van der Waals surface area contributed by atoms with Gasteiger partial charge in [0.2, 0.25) is 10.3 Å². The van der Waals surface area contributed by atoms with Crippen molar-refractivity contribution in [3.8, 4) is 11.8 Å². The molecule has 26 heavy (non-hydrogen) atoms. The SMILES string of the molecule is CSc1nsc(NC(=O)/C(C#N)=C\c2cccn2-c2cccc(Cl)c2)n1. The molecule has 0 bridgehead atoms. The number of benzene rings is 1. The Balaban J connectivity index is 1.87. The van der Waals surface area contributed by atoms with Crippen LogP contribution < -0.4 is 5.32 Å². The van der Waals surface area contributed by atoms with Crippen molar-refractivity contribution in [1.82, 2.24) is 13.9 Å². The fourth-order valence-corrected chi connectivity index (χ4v) is 3.48. The maximum atomic E-state index is 12.4. The zero-order valence-corrected chi connectivity index (χ0v) is 15.9. The van der Waals surface area contributed by atoms with Gasteiger partial charge in [-0.3, -0.25) is 10.1 Å². The first-order valence-corrected chi connectivity index (χ1v) is 9.72. The molecule has 0 atom stereocenters. The molecule has 2 aromatic heterocycles. The largest absolute Gasteiger partial charge is 0.317 e. The van der Waals surface area contributed by atoms with Crippen molar-refractivity contribution in [2.75, 3.05) is 11.6 Å². The van der Waals surface area contributed by atoms with E-state index in [0.717, 1.165) is 17.2 Å². The summed E-state index contributed by atoms with van der Waals surface area (Å²) in [6.07, 6.45) is 5.20. The highest BCUT2D eigenvalue weighted by Gasteiger charge is 2.14. The number of amides is 1. The fourth-order valence-electron chi connectivity index (χ4n) is 2.18. The first-order chi connectivity index (χ1) is 12.6. The highest BCUT2D eigenvalue weighted by atomic mass is 35.5. The van der Waals surface area contributed by atoms with Crippen molar-refractivity contribution in [2.45, 2.75) is 5.16 Å². The van der Waals surface area contributed by atoms with Crippen LogP contribution in [0.3, 0.4) is 0 Å². The van der Waals surface area contributed by atoms with Gasteiger partial charge in [0.05, 0.1) is 0 Å². The second-order valence-corrected chi connectivity index (χ2v) is 6.95. The summed E-state index contributed by atoms with van der Waals surface area (Å²) in [6, 6.07) is 12.9. The minimum Gasteiger partial charge on any atom is -0.317 e. The third-order valence-electron chi connectivity index (χ3n) is 3.33. The first-order valence-electron chi connectivity index (χ1n) is 7.35. The quantitative estimate of drug-likeness (QED) is 0.392. The van der Waals surface area contributed by atoms with Crippen molar-refractivity contribution in [3.05, 3.63) is 58.9 Å². The molecule has 1 amide bonds. The Morgan fingerprint density at radius 2 is 2.27 bits per heavy atom. The Hall–Kier alpha value is -2.60. The molecule has 3 aromatic rings. The number of rotatable bonds is 5. The molecular formula is C17H12ClN5OS2. The Bertz CT molecular complexity index is 1020. The molecule has 0 saturated carbocycles. The van der Waals surface area contributed by atoms with Crippen molar-refractivity contribution >= 4 is 52.0 Å². The number of hydrogen-bond donors (Lipinski definition) is 1. The van der Waals surface area contributed by atoms with Gasteiger partial charge in [-0.1, -0.05) is 29.4 Å². The monoisotopic (exact) mass is 401 g/mol. The second-order valence-electron chi connectivity index (χ2n) is 4.99. The Labute approximate surface area is 163 Å². The number of nitriles is 1. The van der Waals surface area contributed by atoms with E-state index in [1.807, 2.05) is 47.4 Å². The molecule has 0 fully saturated rings. The summed E-state index contributed by atoms with van der Waals surface area (Å²) in [5.74, 6) is -0.532. The van der Waals surface area contributed by atoms with Gasteiger partial charge in [-0.15, -0.1) is 0 Å². The van der Waals surface area contributed by atoms with Crippen LogP contribution in [0.25, 0.3) is 11.8 Å². The lowest BCUT2D eigenvalue weighted by Gasteiger charge is -2.07. The van der Waals surface area contributed by atoms with Gasteiger partial charge in [-0.05, 0) is 42.7 Å². The van der Waals surface area contributed by atoms with Crippen molar-refractivity contribution in [3.63, 3.8) is 0 Å². The molecule has 0 saturated heterocycles. The predicted octanol–water partition coefficient (Wildman–Crippen LogP) is 4.25. The molecule has 0 unspecified atom stereocenters. The van der Waals surface area contributed by atoms with Crippen LogP contribution in [0.1, 0.15) is 5.69 Å². The van der Waals surface area contributed by atoms with Gasteiger partial charge in [-0.2, -0.15) is 14.6 Å². The summed E-state index contributed by atoms with van der Waals surface area (Å²) in [5, 5.41) is 13.5. The predicted molar refractivity (Wildman–Crippen MR) is 105 cm³/mol. The molecule has 0 radical (unpaired) electrons. The van der Waals surface area contributed by atoms with E-state index in [0.29, 0.717) is 21.0 Å². The molecule has 9 heteroatoms. The highest BCUT2D eigenvalue weighted by Crippen LogP contribution is 2.21. The molecule has 1 aromatic carbocycles. The molecule has 2 heterocycles. The van der Waals surface area contributed by atoms with E-state index >= 15 is 0 Å². The van der Waals surface area contributed by atoms with E-state index in [1.54, 1.807) is 12.1 Å².